The van der Waals surface area contributed by atoms with Gasteiger partial charge in [-0.2, -0.15) is 13.2 Å². The van der Waals surface area contributed by atoms with Crippen molar-refractivity contribution in [2.45, 2.75) is 24.8 Å². The number of hydrogen-bond donors (Lipinski definition) is 2. The van der Waals surface area contributed by atoms with Crippen LogP contribution in [0.15, 0.2) is 22.4 Å². The van der Waals surface area contributed by atoms with E-state index in [0.29, 0.717) is 0 Å². The number of carboxylic acid groups (broad SMARTS) is 1. The molecule has 0 amide bonds. The van der Waals surface area contributed by atoms with Crippen LogP contribution in [0.4, 0.5) is 13.2 Å². The highest BCUT2D eigenvalue weighted by Gasteiger charge is 2.38. The molecule has 0 saturated carbocycles. The number of nitrogens with zero attached hydrogens (tertiary/aromatic N) is 1. The molecule has 0 aliphatic carbocycles. The molecule has 1 atom stereocenters. The summed E-state index contributed by atoms with van der Waals surface area (Å²) in [5.41, 5.74) is 1.20. The van der Waals surface area contributed by atoms with Crippen LogP contribution in [0.5, 0.6) is 0 Å². The molecule has 6 nitrogen and oxygen atoms in total. The first-order valence-electron chi connectivity index (χ1n) is 6.49. The lowest BCUT2D eigenvalue weighted by Crippen LogP contribution is -2.32. The van der Waals surface area contributed by atoms with Crippen LogP contribution >= 0.6 is 11.8 Å². The van der Waals surface area contributed by atoms with Crippen LogP contribution in [-0.2, 0) is 9.59 Å². The molecule has 0 aromatic carbocycles. The highest BCUT2D eigenvalue weighted by Crippen LogP contribution is 2.26. The van der Waals surface area contributed by atoms with Crippen molar-refractivity contribution in [3.05, 3.63) is 23.6 Å². The molecule has 0 bridgehead atoms. The maximum atomic E-state index is 11.1. The fraction of sp³-hybridized carbons (Fsp3) is 0.462. The molecule has 1 fully saturated rings. The lowest BCUT2D eigenvalue weighted by molar-refractivity contribution is -0.192. The van der Waals surface area contributed by atoms with Gasteiger partial charge in [-0.1, -0.05) is 16.9 Å². The number of piperidine rings is 1. The van der Waals surface area contributed by atoms with Crippen molar-refractivity contribution < 1.29 is 32.4 Å². The third-order valence-corrected chi connectivity index (χ3v) is 3.82. The zero-order chi connectivity index (χ0) is 17.5. The molecule has 1 aliphatic rings. The smallest absolute Gasteiger partial charge is 0.475 e. The van der Waals surface area contributed by atoms with Crippen molar-refractivity contribution in [3.8, 4) is 0 Å². The van der Waals surface area contributed by atoms with Gasteiger partial charge in [-0.05, 0) is 24.6 Å². The highest BCUT2D eigenvalue weighted by molar-refractivity contribution is 8.14. The largest absolute Gasteiger partial charge is 0.490 e. The molecular formula is C13H15F3N2O4S. The van der Waals surface area contributed by atoms with Gasteiger partial charge in [-0.25, -0.2) is 4.79 Å². The summed E-state index contributed by atoms with van der Waals surface area (Å²) in [5, 5.41) is 14.5. The Morgan fingerprint density at radius 2 is 2.17 bits per heavy atom. The summed E-state index contributed by atoms with van der Waals surface area (Å²) in [7, 11) is 0. The molecule has 2 heterocycles. The van der Waals surface area contributed by atoms with E-state index in [1.54, 1.807) is 13.1 Å². The van der Waals surface area contributed by atoms with Gasteiger partial charge in [0, 0.05) is 24.8 Å². The van der Waals surface area contributed by atoms with Crippen LogP contribution in [0.2, 0.25) is 0 Å². The molecule has 1 saturated heterocycles. The van der Waals surface area contributed by atoms with Gasteiger partial charge in [0.2, 0.25) is 0 Å². The molecule has 23 heavy (non-hydrogen) atoms. The number of halogens is 3. The zero-order valence-corrected chi connectivity index (χ0v) is 12.9. The Bertz CT molecular complexity index is 558. The zero-order valence-electron chi connectivity index (χ0n) is 12.1. The van der Waals surface area contributed by atoms with E-state index in [-0.39, 0.29) is 10.4 Å². The van der Waals surface area contributed by atoms with Crippen LogP contribution in [0.3, 0.4) is 0 Å². The van der Waals surface area contributed by atoms with E-state index in [1.807, 2.05) is 12.1 Å². The molecule has 10 heteroatoms. The number of carboxylic acids is 1. The summed E-state index contributed by atoms with van der Waals surface area (Å²) >= 11 is 1.40. The minimum atomic E-state index is -5.08. The fourth-order valence-electron chi connectivity index (χ4n) is 1.73. The van der Waals surface area contributed by atoms with E-state index in [0.717, 1.165) is 25.3 Å². The second-order valence-corrected chi connectivity index (χ2v) is 5.88. The van der Waals surface area contributed by atoms with E-state index >= 15 is 0 Å². The number of aromatic nitrogens is 1. The summed E-state index contributed by atoms with van der Waals surface area (Å²) in [6, 6.07) is 1.82. The first-order valence-corrected chi connectivity index (χ1v) is 7.37. The Morgan fingerprint density at radius 1 is 1.52 bits per heavy atom. The molecule has 2 N–H and O–H groups in total. The highest BCUT2D eigenvalue weighted by atomic mass is 32.2. The van der Waals surface area contributed by atoms with Gasteiger partial charge in [0.15, 0.2) is 10.9 Å². The Kier molecular flexibility index (Phi) is 7.30. The van der Waals surface area contributed by atoms with Gasteiger partial charge in [0.1, 0.15) is 0 Å². The van der Waals surface area contributed by atoms with Crippen molar-refractivity contribution in [1.82, 2.24) is 10.5 Å². The van der Waals surface area contributed by atoms with Crippen LogP contribution in [0.1, 0.15) is 19.1 Å². The second-order valence-electron chi connectivity index (χ2n) is 4.50. The minimum absolute atomic E-state index is 0.162. The first-order chi connectivity index (χ1) is 10.7. The Balaban J connectivity index is 0.000000322. The van der Waals surface area contributed by atoms with Crippen LogP contribution in [0, 0.1) is 0 Å². The Labute approximate surface area is 134 Å². The quantitative estimate of drug-likeness (QED) is 0.844. The SMILES string of the molecule is CC(=O)SC1CCNC/C1=C\c1ccno1.O=C(O)C(F)(F)F. The van der Waals surface area contributed by atoms with Crippen molar-refractivity contribution in [2.75, 3.05) is 13.1 Å². The number of rotatable bonds is 2. The van der Waals surface area contributed by atoms with Crippen LogP contribution in [-0.4, -0.2) is 45.9 Å². The lowest BCUT2D eigenvalue weighted by Gasteiger charge is -2.24. The lowest BCUT2D eigenvalue weighted by atomic mass is 10.1. The number of thioether (sulfide) groups is 1. The average Bonchev–Trinajstić information content (AvgIpc) is 2.93. The van der Waals surface area contributed by atoms with E-state index in [9.17, 15) is 18.0 Å². The molecule has 0 spiro atoms. The van der Waals surface area contributed by atoms with Crippen molar-refractivity contribution in [2.24, 2.45) is 0 Å². The summed E-state index contributed by atoms with van der Waals surface area (Å²) in [4.78, 5) is 20.0. The number of carbonyl (C=O) groups is 2. The molecule has 2 rings (SSSR count). The maximum Gasteiger partial charge on any atom is 0.490 e. The molecular weight excluding hydrogens is 337 g/mol. The third-order valence-electron chi connectivity index (χ3n) is 2.66. The van der Waals surface area contributed by atoms with Gasteiger partial charge in [-0.15, -0.1) is 0 Å². The normalized spacial score (nSPS) is 19.8. The Hall–Kier alpha value is -1.81. The van der Waals surface area contributed by atoms with Crippen molar-refractivity contribution in [3.63, 3.8) is 0 Å². The predicted octanol–water partition coefficient (Wildman–Crippen LogP) is 2.33. The van der Waals surface area contributed by atoms with Gasteiger partial charge in [0.05, 0.1) is 6.20 Å². The molecule has 128 valence electrons. The molecule has 1 aromatic rings. The third kappa shape index (κ3) is 7.33. The molecule has 1 aliphatic heterocycles. The van der Waals surface area contributed by atoms with Crippen molar-refractivity contribution in [1.29, 1.82) is 0 Å². The van der Waals surface area contributed by atoms with Crippen LogP contribution < -0.4 is 5.32 Å². The van der Waals surface area contributed by atoms with Gasteiger partial charge < -0.3 is 14.9 Å². The maximum absolute atomic E-state index is 11.1. The number of hydrogen-bond acceptors (Lipinski definition) is 6. The number of alkyl halides is 3. The summed E-state index contributed by atoms with van der Waals surface area (Å²) < 4.78 is 36.8. The summed E-state index contributed by atoms with van der Waals surface area (Å²) in [6.45, 7) is 3.38. The van der Waals surface area contributed by atoms with Crippen LogP contribution in [0.25, 0.3) is 6.08 Å². The molecule has 1 aromatic heterocycles. The van der Waals surface area contributed by atoms with Gasteiger partial charge in [-0.3, -0.25) is 4.79 Å². The van der Waals surface area contributed by atoms with E-state index in [4.69, 9.17) is 14.4 Å². The number of aliphatic carboxylic acids is 1. The van der Waals surface area contributed by atoms with E-state index in [1.165, 1.54) is 17.3 Å². The predicted molar refractivity (Wildman–Crippen MR) is 77.7 cm³/mol. The molecule has 1 unspecified atom stereocenters. The summed E-state index contributed by atoms with van der Waals surface area (Å²) in [5.74, 6) is -2.01. The topological polar surface area (TPSA) is 92.4 Å². The second kappa shape index (κ2) is 8.73. The monoisotopic (exact) mass is 352 g/mol. The average molecular weight is 352 g/mol. The fourth-order valence-corrected chi connectivity index (χ4v) is 2.67. The minimum Gasteiger partial charge on any atom is -0.475 e. The number of carbonyl (C=O) groups excluding carboxylic acids is 1. The van der Waals surface area contributed by atoms with E-state index in [2.05, 4.69) is 10.5 Å². The summed E-state index contributed by atoms with van der Waals surface area (Å²) in [6.07, 6.45) is -0.514. The Morgan fingerprint density at radius 3 is 2.65 bits per heavy atom. The van der Waals surface area contributed by atoms with Crippen molar-refractivity contribution >= 4 is 28.9 Å². The molecule has 0 radical (unpaired) electrons. The van der Waals surface area contributed by atoms with E-state index < -0.39 is 12.1 Å². The number of nitrogens with one attached hydrogen (secondary N) is 1. The first kappa shape index (κ1) is 19.2. The van der Waals surface area contributed by atoms with Gasteiger partial charge in [0.25, 0.3) is 0 Å². The standard InChI is InChI=1S/C11H14N2O2S.C2HF3O2/c1-8(14)16-11-3-4-12-7-9(11)6-10-2-5-13-15-10;3-2(4,5)1(6)7/h2,5-6,11-12H,3-4,7H2,1H3;(H,6,7)/b9-6+;. The van der Waals surface area contributed by atoms with Gasteiger partial charge >= 0.3 is 12.1 Å².